The number of nitrogens with zero attached hydrogens (tertiary/aromatic N) is 3. The predicted octanol–water partition coefficient (Wildman–Crippen LogP) is 1.84. The third-order valence-electron chi connectivity index (χ3n) is 4.52. The molecule has 2 amide bonds. The topological polar surface area (TPSA) is 101 Å². The molecule has 1 unspecified atom stereocenters. The number of carbonyl (C=O) groups excluding carboxylic acids is 2. The predicted molar refractivity (Wildman–Crippen MR) is 110 cm³/mol. The number of benzene rings is 2. The standard InChI is InChI=1S/C22H21FN4O3/c1-26(14-28)11-3-6-18(29)9-7-15-4-2-5-17(12-15)27-20-13-16(23)8-10-19(20)21(25-27)22(24)30/h2,4-5,8,10,12-14,18,29H,3,6,11H2,1H3,(H2,24,30). The van der Waals surface area contributed by atoms with Gasteiger partial charge in [0.25, 0.3) is 5.91 Å². The van der Waals surface area contributed by atoms with E-state index in [-0.39, 0.29) is 5.69 Å². The van der Waals surface area contributed by atoms with Crippen molar-refractivity contribution in [2.45, 2.75) is 18.9 Å². The van der Waals surface area contributed by atoms with Crippen LogP contribution < -0.4 is 5.73 Å². The Labute approximate surface area is 172 Å². The zero-order chi connectivity index (χ0) is 21.7. The molecule has 2 aromatic carbocycles. The second-order valence-electron chi connectivity index (χ2n) is 6.85. The van der Waals surface area contributed by atoms with Crippen molar-refractivity contribution in [3.63, 3.8) is 0 Å². The fraction of sp³-hybridized carbons (Fsp3) is 0.227. The van der Waals surface area contributed by atoms with Crippen LogP contribution in [-0.2, 0) is 4.79 Å². The van der Waals surface area contributed by atoms with Crippen molar-refractivity contribution in [1.29, 1.82) is 0 Å². The van der Waals surface area contributed by atoms with Gasteiger partial charge in [-0.1, -0.05) is 17.9 Å². The molecule has 0 aliphatic rings. The summed E-state index contributed by atoms with van der Waals surface area (Å²) in [7, 11) is 1.67. The molecule has 0 aliphatic heterocycles. The van der Waals surface area contributed by atoms with Crippen LogP contribution in [0.3, 0.4) is 0 Å². The van der Waals surface area contributed by atoms with E-state index < -0.39 is 17.8 Å². The highest BCUT2D eigenvalue weighted by Gasteiger charge is 2.16. The summed E-state index contributed by atoms with van der Waals surface area (Å²) in [5.74, 6) is 4.52. The highest BCUT2D eigenvalue weighted by molar-refractivity contribution is 6.04. The van der Waals surface area contributed by atoms with Gasteiger partial charge in [0.1, 0.15) is 11.9 Å². The van der Waals surface area contributed by atoms with Crippen LogP contribution in [0.4, 0.5) is 4.39 Å². The highest BCUT2D eigenvalue weighted by Crippen LogP contribution is 2.23. The molecule has 8 heteroatoms. The van der Waals surface area contributed by atoms with Gasteiger partial charge in [0.05, 0.1) is 11.2 Å². The maximum atomic E-state index is 13.8. The summed E-state index contributed by atoms with van der Waals surface area (Å²) in [5, 5.41) is 14.7. The van der Waals surface area contributed by atoms with E-state index in [0.29, 0.717) is 41.5 Å². The molecule has 0 fully saturated rings. The van der Waals surface area contributed by atoms with Gasteiger partial charge in [0.2, 0.25) is 6.41 Å². The Hall–Kier alpha value is -3.70. The number of rotatable bonds is 7. The number of fused-ring (bicyclic) bond motifs is 1. The van der Waals surface area contributed by atoms with Crippen molar-refractivity contribution in [3.05, 3.63) is 59.5 Å². The van der Waals surface area contributed by atoms with Gasteiger partial charge < -0.3 is 15.7 Å². The van der Waals surface area contributed by atoms with E-state index in [4.69, 9.17) is 5.73 Å². The summed E-state index contributed by atoms with van der Waals surface area (Å²) in [5.41, 5.74) is 7.07. The molecule has 3 N–H and O–H groups in total. The van der Waals surface area contributed by atoms with Gasteiger partial charge in [0, 0.05) is 30.6 Å². The first-order valence-corrected chi connectivity index (χ1v) is 9.32. The third kappa shape index (κ3) is 4.82. The normalized spacial score (nSPS) is 11.6. The van der Waals surface area contributed by atoms with E-state index in [9.17, 15) is 19.1 Å². The molecule has 0 saturated carbocycles. The third-order valence-corrected chi connectivity index (χ3v) is 4.52. The Morgan fingerprint density at radius 3 is 2.90 bits per heavy atom. The van der Waals surface area contributed by atoms with E-state index in [1.54, 1.807) is 31.3 Å². The van der Waals surface area contributed by atoms with Crippen molar-refractivity contribution in [3.8, 4) is 17.5 Å². The van der Waals surface area contributed by atoms with E-state index in [2.05, 4.69) is 16.9 Å². The number of hydrogen-bond donors (Lipinski definition) is 2. The number of amides is 2. The lowest BCUT2D eigenvalue weighted by molar-refractivity contribution is -0.117. The van der Waals surface area contributed by atoms with Gasteiger partial charge in [-0.3, -0.25) is 9.59 Å². The molecule has 0 saturated heterocycles. The van der Waals surface area contributed by atoms with Crippen LogP contribution in [0.5, 0.6) is 0 Å². The van der Waals surface area contributed by atoms with Crippen LogP contribution >= 0.6 is 0 Å². The quantitative estimate of drug-likeness (QED) is 0.460. The summed E-state index contributed by atoms with van der Waals surface area (Å²) >= 11 is 0. The molecule has 3 aromatic rings. The van der Waals surface area contributed by atoms with E-state index >= 15 is 0 Å². The monoisotopic (exact) mass is 408 g/mol. The average molecular weight is 408 g/mol. The maximum Gasteiger partial charge on any atom is 0.269 e. The second-order valence-corrected chi connectivity index (χ2v) is 6.85. The molecule has 0 aliphatic carbocycles. The molecular formula is C22H21FN4O3. The summed E-state index contributed by atoms with van der Waals surface area (Å²) in [6, 6.07) is 11.0. The molecule has 3 rings (SSSR count). The first-order chi connectivity index (χ1) is 14.4. The summed E-state index contributed by atoms with van der Waals surface area (Å²) in [4.78, 5) is 23.8. The Kier molecular flexibility index (Phi) is 6.45. The fourth-order valence-electron chi connectivity index (χ4n) is 3.01. The van der Waals surface area contributed by atoms with Crippen LogP contribution in [0.15, 0.2) is 42.5 Å². The van der Waals surface area contributed by atoms with Crippen LogP contribution in [-0.4, -0.2) is 51.8 Å². The van der Waals surface area contributed by atoms with Gasteiger partial charge in [-0.2, -0.15) is 5.10 Å². The molecule has 0 bridgehead atoms. The first kappa shape index (κ1) is 21.0. The smallest absolute Gasteiger partial charge is 0.269 e. The summed E-state index contributed by atoms with van der Waals surface area (Å²) in [6.45, 7) is 0.544. The number of halogens is 1. The number of aromatic nitrogens is 2. The van der Waals surface area contributed by atoms with E-state index in [0.717, 1.165) is 6.41 Å². The number of aliphatic hydroxyl groups is 1. The van der Waals surface area contributed by atoms with E-state index in [1.165, 1.54) is 27.8 Å². The van der Waals surface area contributed by atoms with Gasteiger partial charge in [-0.05, 0) is 43.2 Å². The average Bonchev–Trinajstić information content (AvgIpc) is 3.11. The lowest BCUT2D eigenvalue weighted by Crippen LogP contribution is -2.18. The molecule has 1 heterocycles. The van der Waals surface area contributed by atoms with Crippen LogP contribution in [0.2, 0.25) is 0 Å². The summed E-state index contributed by atoms with van der Waals surface area (Å²) in [6.07, 6.45) is 0.981. The Morgan fingerprint density at radius 1 is 1.37 bits per heavy atom. The number of carbonyl (C=O) groups is 2. The lowest BCUT2D eigenvalue weighted by Gasteiger charge is -2.10. The van der Waals surface area contributed by atoms with Crippen molar-refractivity contribution in [1.82, 2.24) is 14.7 Å². The lowest BCUT2D eigenvalue weighted by atomic mass is 10.1. The van der Waals surface area contributed by atoms with Crippen LogP contribution in [0, 0.1) is 17.7 Å². The Bertz CT molecular complexity index is 1150. The number of nitrogens with two attached hydrogens (primary N) is 1. The zero-order valence-electron chi connectivity index (χ0n) is 16.4. The minimum atomic E-state index is -0.824. The second kappa shape index (κ2) is 9.20. The SMILES string of the molecule is CN(C=O)CCCC(O)C#Cc1cccc(-n2nc(C(N)=O)c3ccc(F)cc32)c1. The number of aliphatic hydroxyl groups excluding tert-OH is 1. The molecule has 7 nitrogen and oxygen atoms in total. The Balaban J connectivity index is 1.86. The van der Waals surface area contributed by atoms with Gasteiger partial charge in [-0.15, -0.1) is 0 Å². The highest BCUT2D eigenvalue weighted by atomic mass is 19.1. The first-order valence-electron chi connectivity index (χ1n) is 9.32. The number of primary amides is 1. The van der Waals surface area contributed by atoms with Crippen molar-refractivity contribution < 1.29 is 19.1 Å². The fourth-order valence-corrected chi connectivity index (χ4v) is 3.01. The molecule has 0 spiro atoms. The minimum absolute atomic E-state index is 0.0530. The largest absolute Gasteiger partial charge is 0.380 e. The van der Waals surface area contributed by atoms with Gasteiger partial charge in [-0.25, -0.2) is 9.07 Å². The zero-order valence-corrected chi connectivity index (χ0v) is 16.4. The molecule has 0 radical (unpaired) electrons. The number of hydrogen-bond acceptors (Lipinski definition) is 4. The maximum absolute atomic E-state index is 13.8. The molecule has 154 valence electrons. The van der Waals surface area contributed by atoms with Gasteiger partial charge in [0.15, 0.2) is 5.69 Å². The summed E-state index contributed by atoms with van der Waals surface area (Å²) < 4.78 is 15.2. The molecule has 30 heavy (non-hydrogen) atoms. The van der Waals surface area contributed by atoms with E-state index in [1.807, 2.05) is 0 Å². The van der Waals surface area contributed by atoms with Gasteiger partial charge >= 0.3 is 0 Å². The molecule has 1 atom stereocenters. The van der Waals surface area contributed by atoms with Crippen LogP contribution in [0.1, 0.15) is 28.9 Å². The van der Waals surface area contributed by atoms with Crippen LogP contribution in [0.25, 0.3) is 16.6 Å². The molecule has 1 aromatic heterocycles. The van der Waals surface area contributed by atoms with Crippen molar-refractivity contribution in [2.75, 3.05) is 13.6 Å². The Morgan fingerprint density at radius 2 is 2.17 bits per heavy atom. The van der Waals surface area contributed by atoms with Crippen molar-refractivity contribution >= 4 is 23.2 Å². The molecular weight excluding hydrogens is 387 g/mol. The minimum Gasteiger partial charge on any atom is -0.380 e. The van der Waals surface area contributed by atoms with Crippen molar-refractivity contribution in [2.24, 2.45) is 5.73 Å².